The van der Waals surface area contributed by atoms with Crippen LogP contribution in [0.15, 0.2) is 71.8 Å². The van der Waals surface area contributed by atoms with Crippen molar-refractivity contribution in [3.05, 3.63) is 93.7 Å². The molecule has 0 spiro atoms. The largest absolute Gasteiger partial charge is 0.497 e. The van der Waals surface area contributed by atoms with Crippen molar-refractivity contribution in [3.8, 4) is 5.75 Å². The number of benzene rings is 3. The van der Waals surface area contributed by atoms with E-state index in [0.717, 1.165) is 28.3 Å². The molecule has 0 amide bonds. The first-order valence-corrected chi connectivity index (χ1v) is 9.52. The standard InChI is InChI=1S/C22H17Cl2FN2O/c1-28-18-9-4-15(5-10-18)22-13-21(14-2-6-16(25)7-3-14)26-27(22)17-8-11-19(23)20(24)12-17/h2-12,22H,13H2,1H3/t22-/m0/s1. The van der Waals surface area contributed by atoms with Gasteiger partial charge in [0.25, 0.3) is 0 Å². The molecule has 3 aromatic rings. The van der Waals surface area contributed by atoms with E-state index in [1.807, 2.05) is 35.3 Å². The third-order valence-electron chi connectivity index (χ3n) is 4.76. The molecule has 6 heteroatoms. The molecule has 3 nitrogen and oxygen atoms in total. The number of halogens is 3. The molecule has 0 saturated heterocycles. The van der Waals surface area contributed by atoms with E-state index < -0.39 is 0 Å². The summed E-state index contributed by atoms with van der Waals surface area (Å²) in [6.07, 6.45) is 0.679. The first kappa shape index (κ1) is 18.8. The van der Waals surface area contributed by atoms with Crippen LogP contribution in [0.3, 0.4) is 0 Å². The van der Waals surface area contributed by atoms with Crippen molar-refractivity contribution in [2.45, 2.75) is 12.5 Å². The van der Waals surface area contributed by atoms with Gasteiger partial charge in [-0.25, -0.2) is 4.39 Å². The Hall–Kier alpha value is -2.56. The first-order chi connectivity index (χ1) is 13.5. The van der Waals surface area contributed by atoms with Crippen LogP contribution in [0.1, 0.15) is 23.6 Å². The summed E-state index contributed by atoms with van der Waals surface area (Å²) in [6, 6.07) is 19.7. The van der Waals surface area contributed by atoms with Crippen molar-refractivity contribution in [2.75, 3.05) is 12.1 Å². The van der Waals surface area contributed by atoms with Crippen molar-refractivity contribution in [3.63, 3.8) is 0 Å². The van der Waals surface area contributed by atoms with E-state index >= 15 is 0 Å². The topological polar surface area (TPSA) is 24.8 Å². The number of anilines is 1. The minimum absolute atomic E-state index is 0.0248. The number of nitrogens with zero attached hydrogens (tertiary/aromatic N) is 2. The molecule has 1 atom stereocenters. The molecular weight excluding hydrogens is 398 g/mol. The highest BCUT2D eigenvalue weighted by atomic mass is 35.5. The van der Waals surface area contributed by atoms with Crippen LogP contribution < -0.4 is 9.75 Å². The average Bonchev–Trinajstić information content (AvgIpc) is 3.16. The van der Waals surface area contributed by atoms with Crippen molar-refractivity contribution in [1.82, 2.24) is 0 Å². The van der Waals surface area contributed by atoms with E-state index in [-0.39, 0.29) is 11.9 Å². The van der Waals surface area contributed by atoms with E-state index in [0.29, 0.717) is 16.5 Å². The second-order valence-corrected chi connectivity index (χ2v) is 7.30. The van der Waals surface area contributed by atoms with Gasteiger partial charge in [-0.3, -0.25) is 5.01 Å². The molecular formula is C22H17Cl2FN2O. The lowest BCUT2D eigenvalue weighted by atomic mass is 9.98. The summed E-state index contributed by atoms with van der Waals surface area (Å²) < 4.78 is 18.6. The summed E-state index contributed by atoms with van der Waals surface area (Å²) in [6.45, 7) is 0. The van der Waals surface area contributed by atoms with Crippen LogP contribution in [0.4, 0.5) is 10.1 Å². The lowest BCUT2D eigenvalue weighted by Gasteiger charge is -2.24. The number of methoxy groups -OCH3 is 1. The van der Waals surface area contributed by atoms with Crippen LogP contribution in [0.5, 0.6) is 5.75 Å². The maximum atomic E-state index is 13.3. The van der Waals surface area contributed by atoms with Gasteiger partial charge >= 0.3 is 0 Å². The van der Waals surface area contributed by atoms with E-state index in [4.69, 9.17) is 33.0 Å². The summed E-state index contributed by atoms with van der Waals surface area (Å²) in [5, 5.41) is 7.72. The van der Waals surface area contributed by atoms with Crippen molar-refractivity contribution >= 4 is 34.6 Å². The minimum atomic E-state index is -0.268. The molecule has 142 valence electrons. The monoisotopic (exact) mass is 414 g/mol. The fraction of sp³-hybridized carbons (Fsp3) is 0.136. The fourth-order valence-corrected chi connectivity index (χ4v) is 3.57. The zero-order chi connectivity index (χ0) is 19.7. The molecule has 28 heavy (non-hydrogen) atoms. The Morgan fingerprint density at radius 1 is 0.964 bits per heavy atom. The molecule has 3 aromatic carbocycles. The molecule has 0 N–H and O–H groups in total. The van der Waals surface area contributed by atoms with Gasteiger partial charge in [0, 0.05) is 6.42 Å². The average molecular weight is 415 g/mol. The fourth-order valence-electron chi connectivity index (χ4n) is 3.28. The zero-order valence-corrected chi connectivity index (χ0v) is 16.6. The Kier molecular flexibility index (Phi) is 5.25. The Labute approximate surface area is 173 Å². The number of rotatable bonds is 4. The number of ether oxygens (including phenoxy) is 1. The van der Waals surface area contributed by atoms with Crippen molar-refractivity contribution < 1.29 is 9.13 Å². The Morgan fingerprint density at radius 2 is 1.68 bits per heavy atom. The lowest BCUT2D eigenvalue weighted by molar-refractivity contribution is 0.414. The summed E-state index contributed by atoms with van der Waals surface area (Å²) in [4.78, 5) is 0. The van der Waals surface area contributed by atoms with Gasteiger partial charge in [0.2, 0.25) is 0 Å². The molecule has 0 aliphatic carbocycles. The predicted molar refractivity (Wildman–Crippen MR) is 112 cm³/mol. The quantitative estimate of drug-likeness (QED) is 0.486. The molecule has 1 aliphatic heterocycles. The number of hydrogen-bond donors (Lipinski definition) is 0. The van der Waals surface area contributed by atoms with E-state index in [1.165, 1.54) is 12.1 Å². The molecule has 0 fully saturated rings. The highest BCUT2D eigenvalue weighted by Gasteiger charge is 2.30. The molecule has 1 aliphatic rings. The molecule has 0 bridgehead atoms. The van der Waals surface area contributed by atoms with Gasteiger partial charge in [0.1, 0.15) is 11.6 Å². The second-order valence-electron chi connectivity index (χ2n) is 6.49. The molecule has 4 rings (SSSR count). The predicted octanol–water partition coefficient (Wildman–Crippen LogP) is 6.50. The van der Waals surface area contributed by atoms with Gasteiger partial charge < -0.3 is 4.74 Å². The maximum absolute atomic E-state index is 13.3. The molecule has 0 unspecified atom stereocenters. The van der Waals surface area contributed by atoms with Crippen molar-refractivity contribution in [1.29, 1.82) is 0 Å². The number of hydrazone groups is 1. The number of hydrogen-bond acceptors (Lipinski definition) is 3. The summed E-state index contributed by atoms with van der Waals surface area (Å²) in [5.41, 5.74) is 3.70. The molecule has 1 heterocycles. The summed E-state index contributed by atoms with van der Waals surface area (Å²) in [7, 11) is 1.64. The van der Waals surface area contributed by atoms with Gasteiger partial charge in [0.05, 0.1) is 34.6 Å². The Morgan fingerprint density at radius 3 is 2.32 bits per heavy atom. The van der Waals surface area contributed by atoms with Gasteiger partial charge in [0.15, 0.2) is 0 Å². The van der Waals surface area contributed by atoms with Gasteiger partial charge in [-0.2, -0.15) is 5.10 Å². The minimum Gasteiger partial charge on any atom is -0.497 e. The van der Waals surface area contributed by atoms with E-state index in [1.54, 1.807) is 31.4 Å². The highest BCUT2D eigenvalue weighted by molar-refractivity contribution is 6.42. The first-order valence-electron chi connectivity index (χ1n) is 8.77. The van der Waals surface area contributed by atoms with Crippen LogP contribution in [-0.4, -0.2) is 12.8 Å². The zero-order valence-electron chi connectivity index (χ0n) is 15.1. The van der Waals surface area contributed by atoms with Gasteiger partial charge in [-0.1, -0.05) is 47.5 Å². The second kappa shape index (κ2) is 7.82. The SMILES string of the molecule is COc1ccc([C@@H]2CC(c3ccc(F)cc3)=NN2c2ccc(Cl)c(Cl)c2)cc1. The van der Waals surface area contributed by atoms with E-state index in [9.17, 15) is 4.39 Å². The highest BCUT2D eigenvalue weighted by Crippen LogP contribution is 2.39. The molecule has 0 radical (unpaired) electrons. The van der Waals surface area contributed by atoms with Gasteiger partial charge in [-0.15, -0.1) is 0 Å². The van der Waals surface area contributed by atoms with Crippen LogP contribution in [0.25, 0.3) is 0 Å². The normalized spacial score (nSPS) is 16.2. The molecule has 0 aromatic heterocycles. The molecule has 0 saturated carbocycles. The van der Waals surface area contributed by atoms with Gasteiger partial charge in [-0.05, 0) is 53.6 Å². The third kappa shape index (κ3) is 3.71. The van der Waals surface area contributed by atoms with Crippen LogP contribution in [0, 0.1) is 5.82 Å². The summed E-state index contributed by atoms with van der Waals surface area (Å²) >= 11 is 12.3. The summed E-state index contributed by atoms with van der Waals surface area (Å²) in [5.74, 6) is 0.526. The van der Waals surface area contributed by atoms with Crippen molar-refractivity contribution in [2.24, 2.45) is 5.10 Å². The third-order valence-corrected chi connectivity index (χ3v) is 5.50. The van der Waals surface area contributed by atoms with Crippen LogP contribution in [0.2, 0.25) is 10.0 Å². The maximum Gasteiger partial charge on any atom is 0.123 e. The van der Waals surface area contributed by atoms with Crippen LogP contribution in [-0.2, 0) is 0 Å². The smallest absolute Gasteiger partial charge is 0.123 e. The Bertz CT molecular complexity index is 1020. The lowest BCUT2D eigenvalue weighted by Crippen LogP contribution is -2.18. The Balaban J connectivity index is 1.74. The van der Waals surface area contributed by atoms with Crippen LogP contribution >= 0.6 is 23.2 Å². The van der Waals surface area contributed by atoms with E-state index in [2.05, 4.69) is 0 Å².